The number of hydrogen-bond donors (Lipinski definition) is 0. The number of nitrogens with zero attached hydrogens (tertiary/aromatic N) is 1. The number of carboxylic acids is 1. The predicted molar refractivity (Wildman–Crippen MR) is 195 cm³/mol. The average Bonchev–Trinajstić information content (AvgIpc) is 3.11. The van der Waals surface area contributed by atoms with Gasteiger partial charge in [0.1, 0.15) is 23.6 Å². The maximum absolute atomic E-state index is 10.2. The Morgan fingerprint density at radius 3 is 1.09 bits per heavy atom. The number of carbonyl (C=O) groups excluding carboxylic acids is 1. The number of unbranched alkanes of at least 4 members (excludes halogenated alkanes) is 14. The minimum absolute atomic E-state index is 0.234. The first-order chi connectivity index (χ1) is 22.7. The number of rotatable bonds is 21. The van der Waals surface area contributed by atoms with Crippen LogP contribution < -0.4 is 9.59 Å². The predicted octanol–water partition coefficient (Wildman–Crippen LogP) is 11.9. The Morgan fingerprint density at radius 2 is 0.761 bits per heavy atom. The quantitative estimate of drug-likeness (QED) is 0.0687. The second-order valence-corrected chi connectivity index (χ2v) is 12.5. The molecule has 0 aliphatic rings. The van der Waals surface area contributed by atoms with Crippen LogP contribution in [0.2, 0.25) is 0 Å². The highest BCUT2D eigenvalue weighted by Gasteiger charge is 2.36. The van der Waals surface area contributed by atoms with E-state index in [1.165, 1.54) is 106 Å². The molecule has 0 saturated heterocycles. The molecule has 4 aromatic carbocycles. The van der Waals surface area contributed by atoms with E-state index in [4.69, 9.17) is 0 Å². The van der Waals surface area contributed by atoms with Gasteiger partial charge in [-0.15, -0.1) is 0 Å². The lowest BCUT2D eigenvalue weighted by Gasteiger charge is -2.37. The molecule has 4 aromatic rings. The van der Waals surface area contributed by atoms with Gasteiger partial charge >= 0.3 is 0 Å². The molecule has 0 saturated carbocycles. The van der Waals surface area contributed by atoms with Crippen LogP contribution in [-0.4, -0.2) is 5.97 Å². The summed E-state index contributed by atoms with van der Waals surface area (Å²) in [5.74, 6) is -0.903. The zero-order chi connectivity index (χ0) is 32.5. The highest BCUT2D eigenvalue weighted by atomic mass is 16.4. The molecule has 246 valence electrons. The van der Waals surface area contributed by atoms with Crippen molar-refractivity contribution in [2.45, 2.75) is 116 Å². The van der Waals surface area contributed by atoms with E-state index in [0.29, 0.717) is 4.48 Å². The molecule has 0 radical (unpaired) electrons. The minimum Gasteiger partial charge on any atom is -0.550 e. The molecule has 0 aliphatic heterocycles. The average molecular weight is 620 g/mol. The van der Waals surface area contributed by atoms with Gasteiger partial charge in [0.15, 0.2) is 0 Å². The lowest BCUT2D eigenvalue weighted by molar-refractivity contribution is -0.305. The van der Waals surface area contributed by atoms with Crippen molar-refractivity contribution in [3.8, 4) is 0 Å². The Morgan fingerprint density at radius 1 is 0.457 bits per heavy atom. The van der Waals surface area contributed by atoms with Gasteiger partial charge in [0.2, 0.25) is 0 Å². The summed E-state index contributed by atoms with van der Waals surface area (Å²) in [7, 11) is 0. The van der Waals surface area contributed by atoms with Gasteiger partial charge < -0.3 is 9.90 Å². The molecule has 0 spiro atoms. The van der Waals surface area contributed by atoms with E-state index in [9.17, 15) is 9.90 Å². The molecule has 0 fully saturated rings. The maximum Gasteiger partial charge on any atom is 0.143 e. The molecule has 0 amide bonds. The van der Waals surface area contributed by atoms with Gasteiger partial charge in [-0.2, -0.15) is 0 Å². The van der Waals surface area contributed by atoms with E-state index in [2.05, 4.69) is 128 Å². The summed E-state index contributed by atoms with van der Waals surface area (Å²) in [6.45, 7) is 3.13. The van der Waals surface area contributed by atoms with Crippen molar-refractivity contribution in [2.75, 3.05) is 0 Å². The summed E-state index contributed by atoms with van der Waals surface area (Å²) in [5.41, 5.74) is 5.08. The van der Waals surface area contributed by atoms with Crippen LogP contribution in [0.15, 0.2) is 121 Å². The zero-order valence-corrected chi connectivity index (χ0v) is 28.3. The summed E-state index contributed by atoms with van der Waals surface area (Å²) in [6.07, 6.45) is 19.9. The largest absolute Gasteiger partial charge is 0.550 e. The molecule has 0 N–H and O–H groups in total. The van der Waals surface area contributed by atoms with Crippen molar-refractivity contribution in [2.24, 2.45) is 0 Å². The topological polar surface area (TPSA) is 40.1 Å². The van der Waals surface area contributed by atoms with Crippen molar-refractivity contribution in [1.82, 2.24) is 4.48 Å². The molecule has 3 nitrogen and oxygen atoms in total. The summed E-state index contributed by atoms with van der Waals surface area (Å²) in [4.78, 5) is 10.2. The number of carboxylic acid groups (broad SMARTS) is 1. The fourth-order valence-corrected chi connectivity index (χ4v) is 6.27. The molecule has 4 rings (SSSR count). The van der Waals surface area contributed by atoms with Crippen LogP contribution in [-0.2, 0) is 11.3 Å². The van der Waals surface area contributed by atoms with Crippen molar-refractivity contribution >= 4 is 23.0 Å². The molecular formula is C43H57NO2. The molecule has 3 heteroatoms. The second-order valence-electron chi connectivity index (χ2n) is 12.5. The summed E-state index contributed by atoms with van der Waals surface area (Å²) in [6, 6.07) is 43.1. The molecule has 0 aliphatic carbocycles. The first-order valence-electron chi connectivity index (χ1n) is 18.0. The van der Waals surface area contributed by atoms with Gasteiger partial charge in [0.25, 0.3) is 0 Å². The number of hydrogen-bond acceptors (Lipinski definition) is 2. The van der Waals surface area contributed by atoms with Gasteiger partial charge in [0, 0.05) is 11.5 Å². The van der Waals surface area contributed by atoms with Crippen LogP contribution in [0.1, 0.15) is 115 Å². The standard InChI is InChI=1S/C25H22N.C18H36O2/c1-5-13-22(14-6-1)21-26(23-15-7-2-8-16-23,24-17-9-3-10-18-24)25-19-11-4-12-20-25;1-2-3-4-5-6-7-8-9-10-11-12-13-14-15-16-17-18(19)20/h1-20H,21H2;2-17H2,1H3,(H,19,20)/q+1;/p-1. The highest BCUT2D eigenvalue weighted by molar-refractivity contribution is 5.71. The number of aliphatic carboxylic acids is 1. The molecule has 0 atom stereocenters. The van der Waals surface area contributed by atoms with Gasteiger partial charge in [-0.3, -0.25) is 0 Å². The number of carbonyl (C=O) groups is 1. The third-order valence-corrected chi connectivity index (χ3v) is 8.84. The van der Waals surface area contributed by atoms with Gasteiger partial charge in [0.05, 0.1) is 0 Å². The summed E-state index contributed by atoms with van der Waals surface area (Å²) < 4.78 is 0.659. The molecule has 0 unspecified atom stereocenters. The fourth-order valence-electron chi connectivity index (χ4n) is 6.27. The van der Waals surface area contributed by atoms with Crippen LogP contribution in [0.4, 0.5) is 17.1 Å². The van der Waals surface area contributed by atoms with Crippen LogP contribution in [0.3, 0.4) is 0 Å². The lowest BCUT2D eigenvalue weighted by Crippen LogP contribution is -2.38. The monoisotopic (exact) mass is 619 g/mol. The van der Waals surface area contributed by atoms with E-state index in [-0.39, 0.29) is 6.42 Å². The summed E-state index contributed by atoms with van der Waals surface area (Å²) >= 11 is 0. The van der Waals surface area contributed by atoms with Crippen molar-refractivity contribution in [1.29, 1.82) is 0 Å². The van der Waals surface area contributed by atoms with E-state index < -0.39 is 5.97 Å². The van der Waals surface area contributed by atoms with Crippen molar-refractivity contribution in [3.63, 3.8) is 0 Å². The third-order valence-electron chi connectivity index (χ3n) is 8.84. The van der Waals surface area contributed by atoms with Gasteiger partial charge in [-0.05, 0) is 49.2 Å². The lowest BCUT2D eigenvalue weighted by atomic mass is 10.0. The van der Waals surface area contributed by atoms with Crippen LogP contribution in [0.25, 0.3) is 0 Å². The Kier molecular flexibility index (Phi) is 18.2. The molecule has 46 heavy (non-hydrogen) atoms. The smallest absolute Gasteiger partial charge is 0.143 e. The number of benzene rings is 4. The number of para-hydroxylation sites is 3. The normalized spacial score (nSPS) is 11.1. The first-order valence-corrected chi connectivity index (χ1v) is 18.0. The third kappa shape index (κ3) is 13.3. The highest BCUT2D eigenvalue weighted by Crippen LogP contribution is 2.45. The van der Waals surface area contributed by atoms with E-state index in [1.807, 2.05) is 0 Å². The van der Waals surface area contributed by atoms with E-state index in [0.717, 1.165) is 19.4 Å². The SMILES string of the molecule is CCCCCCCCCCCCCCCCCC(=O)[O-].c1ccc(C[N+](c2ccccc2)(c2ccccc2)c2ccccc2)cc1. The molecule has 0 heterocycles. The van der Waals surface area contributed by atoms with Crippen LogP contribution >= 0.6 is 0 Å². The van der Waals surface area contributed by atoms with Crippen LogP contribution in [0, 0.1) is 0 Å². The second kappa shape index (κ2) is 22.8. The van der Waals surface area contributed by atoms with Crippen LogP contribution in [0.5, 0.6) is 0 Å². The summed E-state index contributed by atoms with van der Waals surface area (Å²) in [5, 5.41) is 10.2. The zero-order valence-electron chi connectivity index (χ0n) is 28.3. The van der Waals surface area contributed by atoms with E-state index in [1.54, 1.807) is 0 Å². The van der Waals surface area contributed by atoms with Crippen molar-refractivity contribution < 1.29 is 9.90 Å². The minimum atomic E-state index is -0.903. The van der Waals surface area contributed by atoms with Gasteiger partial charge in [-0.1, -0.05) is 182 Å². The Balaban J connectivity index is 0.000000262. The Hall–Kier alpha value is -3.69. The maximum atomic E-state index is 10.2. The van der Waals surface area contributed by atoms with Crippen molar-refractivity contribution in [3.05, 3.63) is 127 Å². The molecule has 0 bridgehead atoms. The first kappa shape index (κ1) is 36.8. The Bertz CT molecular complexity index is 1200. The molecule has 0 aromatic heterocycles. The number of quaternary nitrogens is 1. The van der Waals surface area contributed by atoms with Gasteiger partial charge in [-0.25, -0.2) is 4.48 Å². The fraction of sp³-hybridized carbons (Fsp3) is 0.419. The Labute approximate surface area is 279 Å². The molecular weight excluding hydrogens is 562 g/mol. The van der Waals surface area contributed by atoms with E-state index >= 15 is 0 Å².